The van der Waals surface area contributed by atoms with Crippen molar-refractivity contribution in [3.8, 4) is 43.5 Å². The smallest absolute Gasteiger partial charge is 0.335 e. The fraction of sp³-hybridized carbons (Fsp3) is 0.255. The summed E-state index contributed by atoms with van der Waals surface area (Å²) in [5, 5.41) is 9.33. The Morgan fingerprint density at radius 1 is 0.554 bits per heavy atom. The Morgan fingerprint density at radius 3 is 1.57 bits per heavy atom. The number of benzene rings is 5. The molecule has 0 radical (unpaired) electrons. The number of unbranched alkanes of at least 4 members (excludes halogenated alkanes) is 6. The van der Waals surface area contributed by atoms with Gasteiger partial charge in [-0.2, -0.15) is 8.75 Å². The number of carbonyl (C=O) groups is 1. The van der Waals surface area contributed by atoms with Crippen molar-refractivity contribution in [3.05, 3.63) is 127 Å². The van der Waals surface area contributed by atoms with E-state index in [-0.39, 0.29) is 5.56 Å². The van der Waals surface area contributed by atoms with Crippen molar-refractivity contribution in [1.82, 2.24) is 8.75 Å². The van der Waals surface area contributed by atoms with Crippen LogP contribution < -0.4 is 14.4 Å². The number of carboxylic acid groups (broad SMARTS) is 1. The molecule has 0 unspecified atom stereocenters. The number of rotatable bonds is 19. The molecule has 0 amide bonds. The zero-order chi connectivity index (χ0) is 38.7. The average Bonchev–Trinajstić information content (AvgIpc) is 3.94. The summed E-state index contributed by atoms with van der Waals surface area (Å²) in [6.45, 7) is 5.91. The van der Waals surface area contributed by atoms with E-state index in [9.17, 15) is 9.90 Å². The largest absolute Gasteiger partial charge is 0.494 e. The van der Waals surface area contributed by atoms with Gasteiger partial charge in [-0.15, -0.1) is 11.3 Å². The lowest BCUT2D eigenvalue weighted by Crippen LogP contribution is -2.10. The van der Waals surface area contributed by atoms with Crippen LogP contribution >= 0.6 is 23.1 Å². The summed E-state index contributed by atoms with van der Waals surface area (Å²) in [7, 11) is 0. The number of carboxylic acids is 1. The van der Waals surface area contributed by atoms with E-state index in [2.05, 4.69) is 125 Å². The lowest BCUT2D eigenvalue weighted by Gasteiger charge is -2.26. The standard InChI is InChI=1S/C47H47N3O4S2/c1-3-5-7-9-31-53-39-23-19-37(20-24-39)50(38-21-25-40(26-22-38)54-32-10-8-6-4-2)36-17-15-34(16-18-36)43-29-30-44(55-43)42-28-27-41(45-46(42)49-56-48-45)33-11-13-35(14-12-33)47(51)52/h11-30H,3-10,31-32H2,1-2H3,(H,51,52). The van der Waals surface area contributed by atoms with Gasteiger partial charge in [0.1, 0.15) is 22.5 Å². The molecule has 286 valence electrons. The van der Waals surface area contributed by atoms with Crippen molar-refractivity contribution < 1.29 is 19.4 Å². The third-order valence-corrected chi connectivity index (χ3v) is 11.6. The van der Waals surface area contributed by atoms with E-state index in [0.717, 1.165) is 97.7 Å². The fourth-order valence-corrected chi connectivity index (χ4v) is 8.38. The van der Waals surface area contributed by atoms with Crippen molar-refractivity contribution in [2.75, 3.05) is 18.1 Å². The van der Waals surface area contributed by atoms with Gasteiger partial charge in [-0.05, 0) is 109 Å². The van der Waals surface area contributed by atoms with Crippen LogP contribution in [0.15, 0.2) is 121 Å². The minimum atomic E-state index is -0.944. The van der Waals surface area contributed by atoms with Crippen molar-refractivity contribution in [2.45, 2.75) is 65.2 Å². The van der Waals surface area contributed by atoms with Crippen LogP contribution in [0.4, 0.5) is 17.1 Å². The Hall–Kier alpha value is -5.51. The summed E-state index contributed by atoms with van der Waals surface area (Å²) in [6, 6.07) is 40.8. The Morgan fingerprint density at radius 2 is 1.04 bits per heavy atom. The van der Waals surface area contributed by atoms with Gasteiger partial charge in [-0.3, -0.25) is 0 Å². The fourth-order valence-electron chi connectivity index (χ4n) is 6.77. The van der Waals surface area contributed by atoms with Crippen molar-refractivity contribution in [1.29, 1.82) is 0 Å². The third kappa shape index (κ3) is 9.29. The van der Waals surface area contributed by atoms with Gasteiger partial charge in [0, 0.05) is 37.9 Å². The topological polar surface area (TPSA) is 84.8 Å². The SMILES string of the molecule is CCCCCCOc1ccc(N(c2ccc(OCCCCCC)cc2)c2ccc(-c3ccc(-c4ccc(-c5ccc(C(=O)O)cc5)c5nsnc45)s3)cc2)cc1. The van der Waals surface area contributed by atoms with Crippen molar-refractivity contribution >= 4 is 57.1 Å². The number of thiophene rings is 1. The summed E-state index contributed by atoms with van der Waals surface area (Å²) in [5.74, 6) is 0.826. The van der Waals surface area contributed by atoms with Gasteiger partial charge in [0.2, 0.25) is 0 Å². The summed E-state index contributed by atoms with van der Waals surface area (Å²) in [6.07, 6.45) is 9.43. The number of aromatic nitrogens is 2. The Balaban J connectivity index is 1.12. The second-order valence-corrected chi connectivity index (χ2v) is 15.5. The van der Waals surface area contributed by atoms with Crippen LogP contribution in [-0.4, -0.2) is 33.0 Å². The third-order valence-electron chi connectivity index (χ3n) is 9.86. The summed E-state index contributed by atoms with van der Waals surface area (Å²) in [4.78, 5) is 15.9. The molecule has 0 saturated carbocycles. The van der Waals surface area contributed by atoms with Crippen LogP contribution in [0.25, 0.3) is 43.0 Å². The maximum Gasteiger partial charge on any atom is 0.335 e. The molecule has 5 aromatic carbocycles. The van der Waals surface area contributed by atoms with Gasteiger partial charge in [-0.25, -0.2) is 4.79 Å². The van der Waals surface area contributed by atoms with Crippen LogP contribution in [0, 0.1) is 0 Å². The Labute approximate surface area is 337 Å². The van der Waals surface area contributed by atoms with Gasteiger partial charge in [0.15, 0.2) is 0 Å². The number of aromatic carboxylic acids is 1. The molecular weight excluding hydrogens is 735 g/mol. The predicted octanol–water partition coefficient (Wildman–Crippen LogP) is 13.8. The lowest BCUT2D eigenvalue weighted by molar-refractivity contribution is 0.0697. The minimum Gasteiger partial charge on any atom is -0.494 e. The number of nitrogens with zero attached hydrogens (tertiary/aromatic N) is 3. The number of hydrogen-bond donors (Lipinski definition) is 1. The van der Waals surface area contributed by atoms with Gasteiger partial charge < -0.3 is 19.5 Å². The first-order valence-corrected chi connectivity index (χ1v) is 21.1. The van der Waals surface area contributed by atoms with Crippen LogP contribution in [0.5, 0.6) is 11.5 Å². The van der Waals surface area contributed by atoms with Crippen LogP contribution in [0.2, 0.25) is 0 Å². The van der Waals surface area contributed by atoms with E-state index in [1.165, 1.54) is 50.3 Å². The Bertz CT molecular complexity index is 2260. The van der Waals surface area contributed by atoms with Crippen LogP contribution in [0.1, 0.15) is 75.6 Å². The first-order chi connectivity index (χ1) is 27.5. The lowest BCUT2D eigenvalue weighted by atomic mass is 10.00. The molecule has 2 aromatic heterocycles. The second-order valence-electron chi connectivity index (χ2n) is 13.9. The van der Waals surface area contributed by atoms with Gasteiger partial charge in [0.05, 0.1) is 30.5 Å². The molecule has 0 aliphatic rings. The van der Waals surface area contributed by atoms with Gasteiger partial charge >= 0.3 is 5.97 Å². The summed E-state index contributed by atoms with van der Waals surface area (Å²) >= 11 is 2.91. The molecule has 56 heavy (non-hydrogen) atoms. The summed E-state index contributed by atoms with van der Waals surface area (Å²) < 4.78 is 21.5. The molecular formula is C47H47N3O4S2. The molecule has 7 nitrogen and oxygen atoms in total. The molecule has 0 atom stereocenters. The normalized spacial score (nSPS) is 11.2. The maximum atomic E-state index is 11.4. The highest BCUT2D eigenvalue weighted by Crippen LogP contribution is 2.42. The highest BCUT2D eigenvalue weighted by molar-refractivity contribution is 7.19. The molecule has 7 aromatic rings. The second kappa shape index (κ2) is 18.9. The molecule has 7 rings (SSSR count). The van der Waals surface area contributed by atoms with E-state index in [1.807, 2.05) is 12.1 Å². The highest BCUT2D eigenvalue weighted by Gasteiger charge is 2.17. The summed E-state index contributed by atoms with van der Waals surface area (Å²) in [5.41, 5.74) is 9.05. The van der Waals surface area contributed by atoms with E-state index >= 15 is 0 Å². The maximum absolute atomic E-state index is 11.4. The van der Waals surface area contributed by atoms with Gasteiger partial charge in [0.25, 0.3) is 0 Å². The monoisotopic (exact) mass is 781 g/mol. The van der Waals surface area contributed by atoms with E-state index < -0.39 is 5.97 Å². The zero-order valence-corrected chi connectivity index (χ0v) is 33.6. The molecule has 0 aliphatic carbocycles. The minimum absolute atomic E-state index is 0.255. The first kappa shape index (κ1) is 38.8. The first-order valence-electron chi connectivity index (χ1n) is 19.6. The van der Waals surface area contributed by atoms with Crippen LogP contribution in [0.3, 0.4) is 0 Å². The quantitative estimate of drug-likeness (QED) is 0.0818. The molecule has 0 bridgehead atoms. The van der Waals surface area contributed by atoms with Crippen molar-refractivity contribution in [3.63, 3.8) is 0 Å². The molecule has 9 heteroatoms. The number of hydrogen-bond acceptors (Lipinski definition) is 8. The number of ether oxygens (including phenoxy) is 2. The predicted molar refractivity (Wildman–Crippen MR) is 233 cm³/mol. The van der Waals surface area contributed by atoms with E-state index in [0.29, 0.717) is 0 Å². The molecule has 0 saturated heterocycles. The molecule has 2 heterocycles. The number of anilines is 3. The number of fused-ring (bicyclic) bond motifs is 1. The molecule has 0 fully saturated rings. The van der Waals surface area contributed by atoms with Gasteiger partial charge in [-0.1, -0.05) is 88.8 Å². The van der Waals surface area contributed by atoms with Crippen LogP contribution in [-0.2, 0) is 0 Å². The van der Waals surface area contributed by atoms with Crippen molar-refractivity contribution in [2.24, 2.45) is 0 Å². The highest BCUT2D eigenvalue weighted by atomic mass is 32.1. The molecule has 0 spiro atoms. The molecule has 1 N–H and O–H groups in total. The average molecular weight is 782 g/mol. The zero-order valence-electron chi connectivity index (χ0n) is 31.9. The molecule has 0 aliphatic heterocycles. The van der Waals surface area contributed by atoms with E-state index in [1.54, 1.807) is 23.5 Å². The Kier molecular flexibility index (Phi) is 13.1. The van der Waals surface area contributed by atoms with E-state index in [4.69, 9.17) is 9.47 Å².